The summed E-state index contributed by atoms with van der Waals surface area (Å²) in [7, 11) is 1.62. The predicted octanol–water partition coefficient (Wildman–Crippen LogP) is 4.26. The SMILES string of the molecule is COc1cc(SC)ccc1C(=O)NC1CCCCCCC1. The minimum atomic E-state index is -0.00919. The molecule has 0 aromatic heterocycles. The fourth-order valence-corrected chi connectivity index (χ4v) is 3.28. The van der Waals surface area contributed by atoms with Crippen LogP contribution in [0.5, 0.6) is 5.75 Å². The Morgan fingerprint density at radius 3 is 2.48 bits per heavy atom. The van der Waals surface area contributed by atoms with E-state index >= 15 is 0 Å². The van der Waals surface area contributed by atoms with Crippen LogP contribution in [0.1, 0.15) is 55.3 Å². The Morgan fingerprint density at radius 2 is 1.86 bits per heavy atom. The lowest BCUT2D eigenvalue weighted by molar-refractivity contribution is 0.0927. The molecule has 4 heteroatoms. The maximum atomic E-state index is 12.5. The van der Waals surface area contributed by atoms with Crippen molar-refractivity contribution < 1.29 is 9.53 Å². The molecule has 0 radical (unpaired) electrons. The third-order valence-electron chi connectivity index (χ3n) is 4.09. The molecule has 21 heavy (non-hydrogen) atoms. The molecular weight excluding hydrogens is 282 g/mol. The van der Waals surface area contributed by atoms with Crippen LogP contribution in [-0.4, -0.2) is 25.3 Å². The van der Waals surface area contributed by atoms with Crippen molar-refractivity contribution in [1.82, 2.24) is 5.32 Å². The van der Waals surface area contributed by atoms with Crippen molar-refractivity contribution in [2.75, 3.05) is 13.4 Å². The molecule has 0 bridgehead atoms. The Balaban J connectivity index is 2.04. The molecule has 0 unspecified atom stereocenters. The van der Waals surface area contributed by atoms with E-state index in [0.29, 0.717) is 17.4 Å². The van der Waals surface area contributed by atoms with Gasteiger partial charge in [0.25, 0.3) is 5.91 Å². The molecule has 1 N–H and O–H groups in total. The topological polar surface area (TPSA) is 38.3 Å². The van der Waals surface area contributed by atoms with Crippen LogP contribution in [0.4, 0.5) is 0 Å². The van der Waals surface area contributed by atoms with Gasteiger partial charge in [-0.25, -0.2) is 0 Å². The molecule has 1 aliphatic rings. The van der Waals surface area contributed by atoms with Crippen molar-refractivity contribution in [3.05, 3.63) is 23.8 Å². The van der Waals surface area contributed by atoms with Crippen molar-refractivity contribution in [3.63, 3.8) is 0 Å². The molecule has 0 heterocycles. The zero-order chi connectivity index (χ0) is 15.1. The summed E-state index contributed by atoms with van der Waals surface area (Å²) in [6.45, 7) is 0. The zero-order valence-electron chi connectivity index (χ0n) is 13.0. The molecule has 3 nitrogen and oxygen atoms in total. The fourth-order valence-electron chi connectivity index (χ4n) is 2.85. The highest BCUT2D eigenvalue weighted by Crippen LogP contribution is 2.26. The maximum absolute atomic E-state index is 12.5. The molecule has 2 rings (SSSR count). The number of thioether (sulfide) groups is 1. The largest absolute Gasteiger partial charge is 0.496 e. The summed E-state index contributed by atoms with van der Waals surface area (Å²) in [5, 5.41) is 3.19. The second-order valence-electron chi connectivity index (χ2n) is 5.58. The first kappa shape index (κ1) is 16.2. The molecule has 0 spiro atoms. The first-order valence-corrected chi connectivity index (χ1v) is 9.00. The van der Waals surface area contributed by atoms with Crippen LogP contribution in [0.3, 0.4) is 0 Å². The Morgan fingerprint density at radius 1 is 1.19 bits per heavy atom. The lowest BCUT2D eigenvalue weighted by Gasteiger charge is -2.21. The summed E-state index contributed by atoms with van der Waals surface area (Å²) >= 11 is 1.65. The Kier molecular flexibility index (Phi) is 6.43. The van der Waals surface area contributed by atoms with Crippen LogP contribution in [-0.2, 0) is 0 Å². The summed E-state index contributed by atoms with van der Waals surface area (Å²) in [6, 6.07) is 6.07. The lowest BCUT2D eigenvalue weighted by atomic mass is 9.96. The van der Waals surface area contributed by atoms with Crippen molar-refractivity contribution in [3.8, 4) is 5.75 Å². The van der Waals surface area contributed by atoms with Gasteiger partial charge in [0, 0.05) is 10.9 Å². The van der Waals surface area contributed by atoms with E-state index in [9.17, 15) is 4.79 Å². The van der Waals surface area contributed by atoms with Crippen LogP contribution in [0, 0.1) is 0 Å². The first-order valence-electron chi connectivity index (χ1n) is 7.77. The molecule has 1 amide bonds. The van der Waals surface area contributed by atoms with Crippen molar-refractivity contribution in [1.29, 1.82) is 0 Å². The minimum Gasteiger partial charge on any atom is -0.496 e. The van der Waals surface area contributed by atoms with Crippen LogP contribution in [0.15, 0.2) is 23.1 Å². The second kappa shape index (κ2) is 8.32. The third kappa shape index (κ3) is 4.67. The van der Waals surface area contributed by atoms with Crippen molar-refractivity contribution in [2.24, 2.45) is 0 Å². The standard InChI is InChI=1S/C17H25NO2S/c1-20-16-12-14(21-2)10-11-15(16)17(19)18-13-8-6-4-3-5-7-9-13/h10-13H,3-9H2,1-2H3,(H,18,19). The van der Waals surface area contributed by atoms with Crippen LogP contribution >= 0.6 is 11.8 Å². The first-order chi connectivity index (χ1) is 10.2. The van der Waals surface area contributed by atoms with Gasteiger partial charge in [-0.3, -0.25) is 4.79 Å². The van der Waals surface area contributed by atoms with Gasteiger partial charge in [-0.1, -0.05) is 32.1 Å². The molecule has 0 atom stereocenters. The van der Waals surface area contributed by atoms with Crippen LogP contribution < -0.4 is 10.1 Å². The number of rotatable bonds is 4. The molecule has 1 aromatic carbocycles. The second-order valence-corrected chi connectivity index (χ2v) is 6.46. The molecule has 116 valence electrons. The van der Waals surface area contributed by atoms with Gasteiger partial charge in [-0.15, -0.1) is 11.8 Å². The molecule has 0 aliphatic heterocycles. The molecular formula is C17H25NO2S. The number of carbonyl (C=O) groups is 1. The zero-order valence-corrected chi connectivity index (χ0v) is 13.8. The number of benzene rings is 1. The smallest absolute Gasteiger partial charge is 0.255 e. The number of hydrogen-bond acceptors (Lipinski definition) is 3. The number of methoxy groups -OCH3 is 1. The number of nitrogens with one attached hydrogen (secondary N) is 1. The van der Waals surface area contributed by atoms with E-state index in [1.165, 1.54) is 32.1 Å². The number of amides is 1. The molecule has 0 saturated heterocycles. The highest BCUT2D eigenvalue weighted by molar-refractivity contribution is 7.98. The Hall–Kier alpha value is -1.16. The van der Waals surface area contributed by atoms with Gasteiger partial charge in [0.2, 0.25) is 0 Å². The van der Waals surface area contributed by atoms with Crippen LogP contribution in [0.25, 0.3) is 0 Å². The summed E-state index contributed by atoms with van der Waals surface area (Å²) < 4.78 is 5.37. The summed E-state index contributed by atoms with van der Waals surface area (Å²) in [4.78, 5) is 13.6. The van der Waals surface area contributed by atoms with Gasteiger partial charge >= 0.3 is 0 Å². The highest BCUT2D eigenvalue weighted by atomic mass is 32.2. The average molecular weight is 307 g/mol. The maximum Gasteiger partial charge on any atom is 0.255 e. The summed E-state index contributed by atoms with van der Waals surface area (Å²) in [6.07, 6.45) is 10.6. The highest BCUT2D eigenvalue weighted by Gasteiger charge is 2.18. The Labute approximate surface area is 131 Å². The van der Waals surface area contributed by atoms with Gasteiger partial charge in [-0.05, 0) is 37.3 Å². The summed E-state index contributed by atoms with van der Waals surface area (Å²) in [5.74, 6) is 0.648. The van der Waals surface area contributed by atoms with Crippen LogP contribution in [0.2, 0.25) is 0 Å². The third-order valence-corrected chi connectivity index (χ3v) is 4.82. The van der Waals surface area contributed by atoms with Crippen molar-refractivity contribution >= 4 is 17.7 Å². The van der Waals surface area contributed by atoms with Gasteiger partial charge in [0.15, 0.2) is 0 Å². The van der Waals surface area contributed by atoms with E-state index in [0.717, 1.165) is 17.7 Å². The normalized spacial score (nSPS) is 16.9. The number of ether oxygens (including phenoxy) is 1. The summed E-state index contributed by atoms with van der Waals surface area (Å²) in [5.41, 5.74) is 0.636. The monoisotopic (exact) mass is 307 g/mol. The van der Waals surface area contributed by atoms with E-state index in [4.69, 9.17) is 4.74 Å². The lowest BCUT2D eigenvalue weighted by Crippen LogP contribution is -2.35. The Bertz CT molecular complexity index is 468. The molecule has 1 saturated carbocycles. The van der Waals surface area contributed by atoms with Gasteiger partial charge < -0.3 is 10.1 Å². The van der Waals surface area contributed by atoms with Gasteiger partial charge in [0.1, 0.15) is 5.75 Å². The van der Waals surface area contributed by atoms with Crippen molar-refractivity contribution in [2.45, 2.75) is 55.9 Å². The van der Waals surface area contributed by atoms with Gasteiger partial charge in [0.05, 0.1) is 12.7 Å². The van der Waals surface area contributed by atoms with E-state index in [1.807, 2.05) is 24.5 Å². The van der Waals surface area contributed by atoms with E-state index in [1.54, 1.807) is 18.9 Å². The number of hydrogen-bond donors (Lipinski definition) is 1. The molecule has 1 fully saturated rings. The van der Waals surface area contributed by atoms with E-state index in [2.05, 4.69) is 5.32 Å². The predicted molar refractivity (Wildman–Crippen MR) is 88.3 cm³/mol. The molecule has 1 aliphatic carbocycles. The average Bonchev–Trinajstić information content (AvgIpc) is 2.49. The van der Waals surface area contributed by atoms with E-state index in [-0.39, 0.29) is 5.91 Å². The molecule has 1 aromatic rings. The van der Waals surface area contributed by atoms with Gasteiger partial charge in [-0.2, -0.15) is 0 Å². The quantitative estimate of drug-likeness (QED) is 0.845. The minimum absolute atomic E-state index is 0.00919. The van der Waals surface area contributed by atoms with E-state index < -0.39 is 0 Å². The number of carbonyl (C=O) groups excluding carboxylic acids is 1. The fraction of sp³-hybridized carbons (Fsp3) is 0.588.